The SMILES string of the molecule is CNc1cc(-c2cn(C)c3c(C4CCNCC4)cccc23)nn2c(C(=O)N[C@@H]3C[C@@H]3F)cnc12. The highest BCUT2D eigenvalue weighted by atomic mass is 19.1. The van der Waals surface area contributed by atoms with Crippen molar-refractivity contribution in [3.63, 3.8) is 0 Å². The lowest BCUT2D eigenvalue weighted by Gasteiger charge is -2.24. The van der Waals surface area contributed by atoms with Crippen LogP contribution in [0.2, 0.25) is 0 Å². The van der Waals surface area contributed by atoms with Gasteiger partial charge < -0.3 is 20.5 Å². The smallest absolute Gasteiger partial charge is 0.271 e. The fourth-order valence-electron chi connectivity index (χ4n) is 5.16. The van der Waals surface area contributed by atoms with Crippen molar-refractivity contribution in [1.29, 1.82) is 0 Å². The van der Waals surface area contributed by atoms with Crippen LogP contribution in [-0.4, -0.2) is 57.4 Å². The number of aromatic nitrogens is 4. The summed E-state index contributed by atoms with van der Waals surface area (Å²) in [5, 5.41) is 15.3. The zero-order chi connectivity index (χ0) is 23.4. The Kier molecular flexibility index (Phi) is 5.02. The summed E-state index contributed by atoms with van der Waals surface area (Å²) in [6.07, 6.45) is 5.25. The first-order valence-corrected chi connectivity index (χ1v) is 11.9. The Bertz CT molecular complexity index is 1400. The first-order chi connectivity index (χ1) is 16.5. The topological polar surface area (TPSA) is 88.3 Å². The highest BCUT2D eigenvalue weighted by Crippen LogP contribution is 2.37. The van der Waals surface area contributed by atoms with Gasteiger partial charge in [-0.1, -0.05) is 18.2 Å². The van der Waals surface area contributed by atoms with E-state index in [1.165, 1.54) is 17.3 Å². The number of alkyl halides is 1. The van der Waals surface area contributed by atoms with Crippen molar-refractivity contribution in [1.82, 2.24) is 29.8 Å². The Labute approximate surface area is 196 Å². The monoisotopic (exact) mass is 461 g/mol. The number of piperidine rings is 1. The minimum Gasteiger partial charge on any atom is -0.385 e. The maximum Gasteiger partial charge on any atom is 0.271 e. The van der Waals surface area contributed by atoms with Crippen LogP contribution < -0.4 is 16.0 Å². The molecule has 1 aliphatic carbocycles. The molecular weight excluding hydrogens is 433 g/mol. The van der Waals surface area contributed by atoms with E-state index in [4.69, 9.17) is 5.10 Å². The van der Waals surface area contributed by atoms with E-state index in [1.807, 2.05) is 13.1 Å². The molecular formula is C25H28FN7O. The summed E-state index contributed by atoms with van der Waals surface area (Å²) in [5.41, 5.74) is 5.96. The average Bonchev–Trinajstić information content (AvgIpc) is 3.24. The van der Waals surface area contributed by atoms with Crippen LogP contribution in [0.4, 0.5) is 10.1 Å². The number of nitrogens with zero attached hydrogens (tertiary/aromatic N) is 4. The molecule has 6 rings (SSSR count). The predicted octanol–water partition coefficient (Wildman–Crippen LogP) is 3.24. The van der Waals surface area contributed by atoms with Crippen LogP contribution >= 0.6 is 0 Å². The molecule has 0 radical (unpaired) electrons. The number of carbonyl (C=O) groups excluding carboxylic acids is 1. The van der Waals surface area contributed by atoms with Gasteiger partial charge in [0, 0.05) is 37.7 Å². The molecule has 8 nitrogen and oxygen atoms in total. The number of aryl methyl sites for hydroxylation is 1. The number of hydrogen-bond donors (Lipinski definition) is 3. The number of nitrogens with one attached hydrogen (secondary N) is 3. The van der Waals surface area contributed by atoms with Crippen molar-refractivity contribution in [2.24, 2.45) is 7.05 Å². The summed E-state index contributed by atoms with van der Waals surface area (Å²) in [6, 6.07) is 8.05. The molecule has 1 saturated heterocycles. The van der Waals surface area contributed by atoms with E-state index in [1.54, 1.807) is 4.52 Å². The summed E-state index contributed by atoms with van der Waals surface area (Å²) >= 11 is 0. The lowest BCUT2D eigenvalue weighted by molar-refractivity contribution is 0.0940. The maximum atomic E-state index is 13.3. The van der Waals surface area contributed by atoms with Crippen molar-refractivity contribution < 1.29 is 9.18 Å². The molecule has 176 valence electrons. The number of benzene rings is 1. The number of fused-ring (bicyclic) bond motifs is 2. The van der Waals surface area contributed by atoms with Crippen molar-refractivity contribution >= 4 is 28.1 Å². The minimum absolute atomic E-state index is 0.295. The summed E-state index contributed by atoms with van der Waals surface area (Å²) in [4.78, 5) is 17.2. The van der Waals surface area contributed by atoms with E-state index >= 15 is 0 Å². The highest BCUT2D eigenvalue weighted by molar-refractivity contribution is 5.98. The summed E-state index contributed by atoms with van der Waals surface area (Å²) in [6.45, 7) is 2.08. The number of carbonyl (C=O) groups is 1. The Balaban J connectivity index is 1.47. The number of anilines is 1. The number of rotatable bonds is 5. The van der Waals surface area contributed by atoms with Crippen LogP contribution in [0.25, 0.3) is 27.8 Å². The number of amides is 1. The zero-order valence-corrected chi connectivity index (χ0v) is 19.3. The van der Waals surface area contributed by atoms with Crippen LogP contribution in [0, 0.1) is 0 Å². The van der Waals surface area contributed by atoms with E-state index < -0.39 is 12.2 Å². The lowest BCUT2D eigenvalue weighted by Crippen LogP contribution is -2.28. The molecule has 9 heteroatoms. The van der Waals surface area contributed by atoms with Gasteiger partial charge >= 0.3 is 0 Å². The van der Waals surface area contributed by atoms with Gasteiger partial charge in [0.15, 0.2) is 11.3 Å². The van der Waals surface area contributed by atoms with Crippen molar-refractivity contribution in [2.45, 2.75) is 37.4 Å². The number of halogens is 1. The Morgan fingerprint density at radius 3 is 2.79 bits per heavy atom. The molecule has 3 N–H and O–H groups in total. The third-order valence-electron chi connectivity index (χ3n) is 7.09. The molecule has 0 bridgehead atoms. The Morgan fingerprint density at radius 2 is 2.06 bits per heavy atom. The molecule has 1 amide bonds. The predicted molar refractivity (Wildman–Crippen MR) is 130 cm³/mol. The van der Waals surface area contributed by atoms with Gasteiger partial charge in [0.05, 0.1) is 29.1 Å². The standard InChI is InChI=1S/C25H28FN7O/c1-27-21-11-19(31-33-22(12-29-24(21)33)25(34)30-20-10-18(20)26)17-13-32(2)23-15(4-3-5-16(17)23)14-6-8-28-9-7-14/h3-5,11-14,18,20,27-28H,6-10H2,1-2H3,(H,30,34)/t18-,20+/m0/s1. The number of hydrogen-bond acceptors (Lipinski definition) is 5. The van der Waals surface area contributed by atoms with Gasteiger partial charge in [-0.25, -0.2) is 13.9 Å². The van der Waals surface area contributed by atoms with Gasteiger partial charge in [-0.05, 0) is 43.5 Å². The van der Waals surface area contributed by atoms with E-state index in [9.17, 15) is 9.18 Å². The summed E-state index contributed by atoms with van der Waals surface area (Å²) in [5.74, 6) is 0.163. The molecule has 4 heterocycles. The molecule has 0 unspecified atom stereocenters. The van der Waals surface area contributed by atoms with Crippen LogP contribution in [0.1, 0.15) is 41.2 Å². The van der Waals surface area contributed by atoms with E-state index in [-0.39, 0.29) is 5.91 Å². The van der Waals surface area contributed by atoms with E-state index in [2.05, 4.69) is 56.9 Å². The van der Waals surface area contributed by atoms with Gasteiger partial charge in [0.25, 0.3) is 5.91 Å². The molecule has 2 fully saturated rings. The number of imidazole rings is 1. The maximum absolute atomic E-state index is 13.3. The zero-order valence-electron chi connectivity index (χ0n) is 19.3. The van der Waals surface area contributed by atoms with Crippen LogP contribution in [0.5, 0.6) is 0 Å². The second kappa shape index (κ2) is 8.09. The fourth-order valence-corrected chi connectivity index (χ4v) is 5.16. The average molecular weight is 462 g/mol. The fraction of sp³-hybridized carbons (Fsp3) is 0.400. The van der Waals surface area contributed by atoms with Gasteiger partial charge in [0.1, 0.15) is 6.17 Å². The quantitative estimate of drug-likeness (QED) is 0.425. The van der Waals surface area contributed by atoms with Crippen LogP contribution in [-0.2, 0) is 7.05 Å². The third kappa shape index (κ3) is 3.42. The minimum atomic E-state index is -0.968. The second-order valence-corrected chi connectivity index (χ2v) is 9.33. The van der Waals surface area contributed by atoms with E-state index in [0.717, 1.165) is 48.3 Å². The van der Waals surface area contributed by atoms with Crippen LogP contribution in [0.15, 0.2) is 36.7 Å². The van der Waals surface area contributed by atoms with Crippen molar-refractivity contribution in [2.75, 3.05) is 25.5 Å². The Hall–Kier alpha value is -3.46. The summed E-state index contributed by atoms with van der Waals surface area (Å²) < 4.78 is 17.1. The summed E-state index contributed by atoms with van der Waals surface area (Å²) in [7, 11) is 3.90. The molecule has 4 aromatic rings. The molecule has 34 heavy (non-hydrogen) atoms. The highest BCUT2D eigenvalue weighted by Gasteiger charge is 2.39. The Morgan fingerprint density at radius 1 is 1.26 bits per heavy atom. The molecule has 3 aromatic heterocycles. The van der Waals surface area contributed by atoms with Gasteiger partial charge in [0.2, 0.25) is 0 Å². The molecule has 2 aliphatic rings. The van der Waals surface area contributed by atoms with Crippen LogP contribution in [0.3, 0.4) is 0 Å². The van der Waals surface area contributed by atoms with Crippen molar-refractivity contribution in [3.05, 3.63) is 47.9 Å². The molecule has 0 spiro atoms. The normalized spacial score (nSPS) is 20.7. The van der Waals surface area contributed by atoms with Crippen molar-refractivity contribution in [3.8, 4) is 11.3 Å². The molecule has 1 saturated carbocycles. The lowest BCUT2D eigenvalue weighted by atomic mass is 9.88. The largest absolute Gasteiger partial charge is 0.385 e. The van der Waals surface area contributed by atoms with E-state index in [0.29, 0.717) is 23.7 Å². The number of para-hydroxylation sites is 1. The third-order valence-corrected chi connectivity index (χ3v) is 7.09. The molecule has 2 atom stereocenters. The first-order valence-electron chi connectivity index (χ1n) is 11.9. The second-order valence-electron chi connectivity index (χ2n) is 9.33. The van der Waals surface area contributed by atoms with Gasteiger partial charge in [-0.3, -0.25) is 4.79 Å². The van der Waals surface area contributed by atoms with Gasteiger partial charge in [-0.2, -0.15) is 5.10 Å². The molecule has 1 aliphatic heterocycles. The first kappa shape index (κ1) is 21.1. The van der Waals surface area contributed by atoms with Gasteiger partial charge in [-0.15, -0.1) is 0 Å². The molecule has 1 aromatic carbocycles.